The van der Waals surface area contributed by atoms with Crippen LogP contribution in [-0.2, 0) is 6.54 Å². The summed E-state index contributed by atoms with van der Waals surface area (Å²) in [6.07, 6.45) is 0. The third kappa shape index (κ3) is 2.71. The first-order chi connectivity index (χ1) is 8.61. The van der Waals surface area contributed by atoms with Crippen molar-refractivity contribution in [1.29, 1.82) is 0 Å². The van der Waals surface area contributed by atoms with Crippen LogP contribution in [0.1, 0.15) is 5.56 Å². The van der Waals surface area contributed by atoms with Crippen LogP contribution in [0.5, 0.6) is 0 Å². The highest BCUT2D eigenvalue weighted by molar-refractivity contribution is 9.10. The number of rotatable bonds is 3. The van der Waals surface area contributed by atoms with Crippen LogP contribution in [0.25, 0.3) is 0 Å². The smallest absolute Gasteiger partial charge is 0.123 e. The molecule has 2 aromatic rings. The molecule has 2 rings (SSSR count). The molecule has 2 N–H and O–H groups in total. The molecule has 0 aliphatic heterocycles. The maximum atomic E-state index is 12.9. The lowest BCUT2D eigenvalue weighted by Gasteiger charge is -2.20. The summed E-state index contributed by atoms with van der Waals surface area (Å²) < 4.78 is 13.9. The van der Waals surface area contributed by atoms with Crippen molar-refractivity contribution in [2.45, 2.75) is 6.54 Å². The quantitative estimate of drug-likeness (QED) is 0.934. The Balaban J connectivity index is 2.31. The molecule has 0 heterocycles. The Morgan fingerprint density at radius 2 is 1.72 bits per heavy atom. The zero-order valence-electron chi connectivity index (χ0n) is 10.0. The van der Waals surface area contributed by atoms with Gasteiger partial charge in [0.2, 0.25) is 0 Å². The van der Waals surface area contributed by atoms with E-state index in [-0.39, 0.29) is 5.82 Å². The van der Waals surface area contributed by atoms with Crippen LogP contribution in [0.15, 0.2) is 46.9 Å². The van der Waals surface area contributed by atoms with Crippen molar-refractivity contribution in [3.8, 4) is 0 Å². The van der Waals surface area contributed by atoms with E-state index in [4.69, 9.17) is 5.73 Å². The van der Waals surface area contributed by atoms with Gasteiger partial charge in [0.05, 0.1) is 0 Å². The van der Waals surface area contributed by atoms with Gasteiger partial charge in [-0.2, -0.15) is 0 Å². The second kappa shape index (κ2) is 5.50. The van der Waals surface area contributed by atoms with Crippen LogP contribution in [0.2, 0.25) is 0 Å². The molecule has 0 unspecified atom stereocenters. The standard InChI is InChI=1S/C14H14BrFN2/c1-18(12-6-3-11(16)4-7-12)13-5-2-10(9-17)14(15)8-13/h2-8H,9,17H2,1H3. The van der Waals surface area contributed by atoms with Crippen molar-refractivity contribution < 1.29 is 4.39 Å². The molecule has 0 atom stereocenters. The average Bonchev–Trinajstić information content (AvgIpc) is 2.38. The second-order valence-electron chi connectivity index (χ2n) is 4.02. The minimum Gasteiger partial charge on any atom is -0.345 e. The summed E-state index contributed by atoms with van der Waals surface area (Å²) in [6, 6.07) is 12.4. The number of nitrogens with zero attached hydrogens (tertiary/aromatic N) is 1. The lowest BCUT2D eigenvalue weighted by atomic mass is 10.2. The van der Waals surface area contributed by atoms with Crippen LogP contribution in [0.3, 0.4) is 0 Å². The summed E-state index contributed by atoms with van der Waals surface area (Å²) >= 11 is 3.49. The monoisotopic (exact) mass is 308 g/mol. The van der Waals surface area contributed by atoms with Gasteiger partial charge in [-0.3, -0.25) is 0 Å². The number of nitrogens with two attached hydrogens (primary N) is 1. The zero-order valence-corrected chi connectivity index (χ0v) is 11.6. The van der Waals surface area contributed by atoms with Crippen LogP contribution >= 0.6 is 15.9 Å². The average molecular weight is 309 g/mol. The molecule has 0 aliphatic rings. The van der Waals surface area contributed by atoms with Gasteiger partial charge in [0.25, 0.3) is 0 Å². The van der Waals surface area contributed by atoms with Gasteiger partial charge in [-0.15, -0.1) is 0 Å². The largest absolute Gasteiger partial charge is 0.345 e. The zero-order chi connectivity index (χ0) is 13.1. The van der Waals surface area contributed by atoms with Gasteiger partial charge in [-0.1, -0.05) is 22.0 Å². The number of hydrogen-bond acceptors (Lipinski definition) is 2. The van der Waals surface area contributed by atoms with Gasteiger partial charge in [0, 0.05) is 29.4 Å². The minimum absolute atomic E-state index is 0.230. The predicted octanol–water partition coefficient (Wildman–Crippen LogP) is 3.81. The summed E-state index contributed by atoms with van der Waals surface area (Å²) in [5.41, 5.74) is 8.63. The maximum absolute atomic E-state index is 12.9. The van der Waals surface area contributed by atoms with Crippen molar-refractivity contribution in [3.63, 3.8) is 0 Å². The molecular formula is C14H14BrFN2. The van der Waals surface area contributed by atoms with Crippen molar-refractivity contribution in [2.75, 3.05) is 11.9 Å². The first-order valence-corrected chi connectivity index (χ1v) is 6.39. The van der Waals surface area contributed by atoms with E-state index < -0.39 is 0 Å². The van der Waals surface area contributed by atoms with E-state index in [9.17, 15) is 4.39 Å². The molecule has 0 aliphatic carbocycles. The minimum atomic E-state index is -0.230. The predicted molar refractivity (Wildman–Crippen MR) is 76.5 cm³/mol. The second-order valence-corrected chi connectivity index (χ2v) is 4.87. The Labute approximate surface area is 114 Å². The maximum Gasteiger partial charge on any atom is 0.123 e. The summed E-state index contributed by atoms with van der Waals surface area (Å²) in [5.74, 6) is -0.230. The topological polar surface area (TPSA) is 29.3 Å². The Hall–Kier alpha value is -1.39. The Morgan fingerprint density at radius 1 is 1.11 bits per heavy atom. The molecule has 0 saturated carbocycles. The Bertz CT molecular complexity index is 540. The summed E-state index contributed by atoms with van der Waals surface area (Å²) in [4.78, 5) is 1.99. The molecule has 0 radical (unpaired) electrons. The lowest BCUT2D eigenvalue weighted by Crippen LogP contribution is -2.10. The fourth-order valence-electron chi connectivity index (χ4n) is 1.72. The van der Waals surface area contributed by atoms with Gasteiger partial charge in [-0.25, -0.2) is 4.39 Å². The van der Waals surface area contributed by atoms with Crippen molar-refractivity contribution >= 4 is 27.3 Å². The number of hydrogen-bond donors (Lipinski definition) is 1. The normalized spacial score (nSPS) is 10.4. The number of anilines is 2. The van der Waals surface area contributed by atoms with E-state index in [0.29, 0.717) is 6.54 Å². The van der Waals surface area contributed by atoms with E-state index in [1.807, 2.05) is 30.1 Å². The molecule has 2 aromatic carbocycles. The van der Waals surface area contributed by atoms with Crippen molar-refractivity contribution in [1.82, 2.24) is 0 Å². The highest BCUT2D eigenvalue weighted by Crippen LogP contribution is 2.28. The van der Waals surface area contributed by atoms with E-state index in [1.165, 1.54) is 12.1 Å². The van der Waals surface area contributed by atoms with Crippen LogP contribution < -0.4 is 10.6 Å². The first kappa shape index (κ1) is 13.1. The summed E-state index contributed by atoms with van der Waals surface area (Å²) in [5, 5.41) is 0. The SMILES string of the molecule is CN(c1ccc(F)cc1)c1ccc(CN)c(Br)c1. The summed E-state index contributed by atoms with van der Waals surface area (Å²) in [7, 11) is 1.94. The first-order valence-electron chi connectivity index (χ1n) is 5.59. The molecular weight excluding hydrogens is 295 g/mol. The fraction of sp³-hybridized carbons (Fsp3) is 0.143. The Morgan fingerprint density at radius 3 is 2.28 bits per heavy atom. The summed E-state index contributed by atoms with van der Waals surface area (Å²) in [6.45, 7) is 0.501. The third-order valence-electron chi connectivity index (χ3n) is 2.86. The van der Waals surface area contributed by atoms with Gasteiger partial charge < -0.3 is 10.6 Å². The highest BCUT2D eigenvalue weighted by atomic mass is 79.9. The van der Waals surface area contributed by atoms with Crippen molar-refractivity contribution in [3.05, 3.63) is 58.3 Å². The van der Waals surface area contributed by atoms with E-state index in [2.05, 4.69) is 15.9 Å². The molecule has 2 nitrogen and oxygen atoms in total. The molecule has 18 heavy (non-hydrogen) atoms. The molecule has 94 valence electrons. The van der Waals surface area contributed by atoms with Gasteiger partial charge in [0.1, 0.15) is 5.82 Å². The van der Waals surface area contributed by atoms with E-state index in [1.54, 1.807) is 12.1 Å². The molecule has 0 amide bonds. The lowest BCUT2D eigenvalue weighted by molar-refractivity contribution is 0.628. The highest BCUT2D eigenvalue weighted by Gasteiger charge is 2.06. The van der Waals surface area contributed by atoms with Crippen LogP contribution in [-0.4, -0.2) is 7.05 Å². The van der Waals surface area contributed by atoms with Crippen molar-refractivity contribution in [2.24, 2.45) is 5.73 Å². The third-order valence-corrected chi connectivity index (χ3v) is 3.60. The molecule has 0 fully saturated rings. The molecule has 0 spiro atoms. The van der Waals surface area contributed by atoms with Gasteiger partial charge >= 0.3 is 0 Å². The van der Waals surface area contributed by atoms with Gasteiger partial charge in [0.15, 0.2) is 0 Å². The number of benzene rings is 2. The number of halogens is 2. The molecule has 0 aromatic heterocycles. The van der Waals surface area contributed by atoms with Gasteiger partial charge in [-0.05, 0) is 42.0 Å². The van der Waals surface area contributed by atoms with Crippen LogP contribution in [0.4, 0.5) is 15.8 Å². The fourth-order valence-corrected chi connectivity index (χ4v) is 2.25. The Kier molecular flexibility index (Phi) is 3.99. The molecule has 0 bridgehead atoms. The van der Waals surface area contributed by atoms with Crippen LogP contribution in [0, 0.1) is 5.82 Å². The van der Waals surface area contributed by atoms with E-state index >= 15 is 0 Å². The molecule has 4 heteroatoms. The van der Waals surface area contributed by atoms with E-state index in [0.717, 1.165) is 21.4 Å². The molecule has 0 saturated heterocycles.